The first-order valence-corrected chi connectivity index (χ1v) is 7.01. The van der Waals surface area contributed by atoms with E-state index in [0.717, 1.165) is 0 Å². The van der Waals surface area contributed by atoms with E-state index in [0.29, 0.717) is 5.56 Å². The topological polar surface area (TPSA) is 84.9 Å². The van der Waals surface area contributed by atoms with Gasteiger partial charge in [-0.1, -0.05) is 30.4 Å². The zero-order valence-electron chi connectivity index (χ0n) is 12.3. The largest absolute Gasteiger partial charge is 0.469 e. The van der Waals surface area contributed by atoms with Crippen LogP contribution < -0.4 is 5.32 Å². The van der Waals surface area contributed by atoms with Crippen LogP contribution in [0.15, 0.2) is 42.5 Å². The monoisotopic (exact) mass is 305 g/mol. The van der Waals surface area contributed by atoms with Crippen LogP contribution in [0.2, 0.25) is 0 Å². The van der Waals surface area contributed by atoms with E-state index in [9.17, 15) is 14.7 Å². The maximum Gasteiger partial charge on any atom is 0.308 e. The first-order chi connectivity index (χ1) is 10.6. The van der Waals surface area contributed by atoms with Crippen molar-refractivity contribution in [3.63, 3.8) is 0 Å². The van der Waals surface area contributed by atoms with Gasteiger partial charge in [-0.2, -0.15) is 0 Å². The van der Waals surface area contributed by atoms with E-state index < -0.39 is 24.2 Å². The van der Waals surface area contributed by atoms with Gasteiger partial charge in [0.05, 0.1) is 32.3 Å². The summed E-state index contributed by atoms with van der Waals surface area (Å²) >= 11 is 0. The fourth-order valence-electron chi connectivity index (χ4n) is 2.21. The van der Waals surface area contributed by atoms with Gasteiger partial charge in [0, 0.05) is 5.56 Å². The highest BCUT2D eigenvalue weighted by atomic mass is 16.5. The fourth-order valence-corrected chi connectivity index (χ4v) is 2.21. The van der Waals surface area contributed by atoms with Crippen molar-refractivity contribution in [2.24, 2.45) is 0 Å². The zero-order chi connectivity index (χ0) is 15.9. The van der Waals surface area contributed by atoms with Crippen LogP contribution in [0.1, 0.15) is 16.8 Å². The summed E-state index contributed by atoms with van der Waals surface area (Å²) in [6, 6.07) is 8.34. The second-order valence-corrected chi connectivity index (χ2v) is 4.93. The van der Waals surface area contributed by atoms with E-state index in [-0.39, 0.29) is 18.9 Å². The third-order valence-electron chi connectivity index (χ3n) is 3.39. The van der Waals surface area contributed by atoms with Crippen molar-refractivity contribution < 1.29 is 24.2 Å². The first-order valence-electron chi connectivity index (χ1n) is 7.01. The van der Waals surface area contributed by atoms with Gasteiger partial charge >= 0.3 is 5.97 Å². The molecule has 2 rings (SSSR count). The Morgan fingerprint density at radius 1 is 1.27 bits per heavy atom. The molecule has 2 N–H and O–H groups in total. The first kappa shape index (κ1) is 16.2. The molecule has 0 unspecified atom stereocenters. The number of rotatable bonds is 5. The third-order valence-corrected chi connectivity index (χ3v) is 3.39. The molecule has 6 heteroatoms. The average molecular weight is 305 g/mol. The van der Waals surface area contributed by atoms with E-state index in [1.807, 2.05) is 6.07 Å². The summed E-state index contributed by atoms with van der Waals surface area (Å²) in [6.07, 6.45) is 2.43. The summed E-state index contributed by atoms with van der Waals surface area (Å²) in [7, 11) is 1.31. The van der Waals surface area contributed by atoms with E-state index in [1.54, 1.807) is 36.4 Å². The Bertz CT molecular complexity index is 543. The Morgan fingerprint density at radius 2 is 2.00 bits per heavy atom. The molecule has 0 aromatic heterocycles. The number of esters is 1. The molecular formula is C16H19NO5. The van der Waals surface area contributed by atoms with Crippen molar-refractivity contribution in [2.75, 3.05) is 13.7 Å². The Kier molecular flexibility index (Phi) is 5.68. The molecule has 0 radical (unpaired) electrons. The normalized spacial score (nSPS) is 23.8. The molecule has 0 aliphatic carbocycles. The number of nitrogens with one attached hydrogen (secondary N) is 1. The number of methoxy groups -OCH3 is 1. The number of hydrogen-bond donors (Lipinski definition) is 2. The van der Waals surface area contributed by atoms with Crippen LogP contribution in [-0.2, 0) is 14.3 Å². The molecule has 1 amide bonds. The molecule has 6 nitrogen and oxygen atoms in total. The molecule has 0 spiro atoms. The Hall–Kier alpha value is -2.18. The van der Waals surface area contributed by atoms with Gasteiger partial charge < -0.3 is 19.9 Å². The summed E-state index contributed by atoms with van der Waals surface area (Å²) in [6.45, 7) is -0.262. The number of ether oxygens (including phenoxy) is 2. The van der Waals surface area contributed by atoms with Gasteiger partial charge in [0.25, 0.3) is 5.91 Å². The van der Waals surface area contributed by atoms with Gasteiger partial charge in [-0.3, -0.25) is 9.59 Å². The average Bonchev–Trinajstić information content (AvgIpc) is 2.56. The van der Waals surface area contributed by atoms with Gasteiger partial charge in [0.1, 0.15) is 6.10 Å². The van der Waals surface area contributed by atoms with Crippen LogP contribution in [0, 0.1) is 0 Å². The predicted octanol–water partition coefficient (Wildman–Crippen LogP) is 0.664. The van der Waals surface area contributed by atoms with Gasteiger partial charge in [0.2, 0.25) is 0 Å². The fraction of sp³-hybridized carbons (Fsp3) is 0.375. The lowest BCUT2D eigenvalue weighted by atomic mass is 10.0. The molecule has 0 saturated carbocycles. The zero-order valence-corrected chi connectivity index (χ0v) is 12.3. The van der Waals surface area contributed by atoms with Crippen molar-refractivity contribution in [1.29, 1.82) is 0 Å². The molecule has 1 aliphatic rings. The molecule has 22 heavy (non-hydrogen) atoms. The smallest absolute Gasteiger partial charge is 0.308 e. The summed E-state index contributed by atoms with van der Waals surface area (Å²) < 4.78 is 10.2. The lowest BCUT2D eigenvalue weighted by Gasteiger charge is -2.31. The second-order valence-electron chi connectivity index (χ2n) is 4.93. The van der Waals surface area contributed by atoms with Crippen LogP contribution in [0.3, 0.4) is 0 Å². The number of carbonyl (C=O) groups excluding carboxylic acids is 2. The van der Waals surface area contributed by atoms with Crippen molar-refractivity contribution in [1.82, 2.24) is 5.32 Å². The lowest BCUT2D eigenvalue weighted by molar-refractivity contribution is -0.144. The van der Waals surface area contributed by atoms with Crippen molar-refractivity contribution in [3.8, 4) is 0 Å². The third kappa shape index (κ3) is 4.16. The minimum atomic E-state index is -0.604. The Balaban J connectivity index is 2.00. The van der Waals surface area contributed by atoms with Crippen LogP contribution in [0.25, 0.3) is 0 Å². The summed E-state index contributed by atoms with van der Waals surface area (Å²) in [4.78, 5) is 23.4. The maximum absolute atomic E-state index is 12.1. The minimum absolute atomic E-state index is 0.0723. The molecule has 0 bridgehead atoms. The number of aliphatic hydroxyl groups excluding tert-OH is 1. The van der Waals surface area contributed by atoms with E-state index >= 15 is 0 Å². The lowest BCUT2D eigenvalue weighted by Crippen LogP contribution is -2.48. The Morgan fingerprint density at radius 3 is 2.64 bits per heavy atom. The van der Waals surface area contributed by atoms with E-state index in [2.05, 4.69) is 10.1 Å². The van der Waals surface area contributed by atoms with Gasteiger partial charge in [-0.15, -0.1) is 0 Å². The predicted molar refractivity (Wildman–Crippen MR) is 79.2 cm³/mol. The summed E-state index contributed by atoms with van der Waals surface area (Å²) in [5.41, 5.74) is 0.532. The van der Waals surface area contributed by atoms with Crippen LogP contribution in [-0.4, -0.2) is 48.9 Å². The molecular weight excluding hydrogens is 286 g/mol. The molecule has 0 saturated heterocycles. The molecule has 118 valence electrons. The molecule has 1 aromatic rings. The van der Waals surface area contributed by atoms with Gasteiger partial charge in [-0.05, 0) is 12.1 Å². The summed E-state index contributed by atoms with van der Waals surface area (Å²) in [5.74, 6) is -0.637. The summed E-state index contributed by atoms with van der Waals surface area (Å²) in [5, 5.41) is 12.2. The quantitative estimate of drug-likeness (QED) is 0.617. The van der Waals surface area contributed by atoms with Crippen molar-refractivity contribution in [2.45, 2.75) is 24.7 Å². The van der Waals surface area contributed by atoms with Gasteiger partial charge in [0.15, 0.2) is 0 Å². The molecule has 3 atom stereocenters. The number of benzene rings is 1. The highest BCUT2D eigenvalue weighted by Crippen LogP contribution is 2.16. The van der Waals surface area contributed by atoms with Crippen LogP contribution >= 0.6 is 0 Å². The highest BCUT2D eigenvalue weighted by molar-refractivity contribution is 5.94. The molecule has 1 aromatic carbocycles. The molecule has 1 aliphatic heterocycles. The van der Waals surface area contributed by atoms with Crippen LogP contribution in [0.5, 0.6) is 0 Å². The molecule has 1 heterocycles. The van der Waals surface area contributed by atoms with Crippen molar-refractivity contribution >= 4 is 11.9 Å². The SMILES string of the molecule is COC(=O)C[C@@H]1C=C[C@H](NC(=O)c2ccccc2)[C@@H](CO)O1. The number of hydrogen-bond acceptors (Lipinski definition) is 5. The van der Waals surface area contributed by atoms with E-state index in [1.165, 1.54) is 7.11 Å². The van der Waals surface area contributed by atoms with Gasteiger partial charge in [-0.25, -0.2) is 0 Å². The number of carbonyl (C=O) groups is 2. The number of aliphatic hydroxyl groups is 1. The van der Waals surface area contributed by atoms with Crippen molar-refractivity contribution in [3.05, 3.63) is 48.0 Å². The second kappa shape index (κ2) is 7.72. The standard InChI is InChI=1S/C16H19NO5/c1-21-15(19)9-12-7-8-13(14(10-18)22-12)17-16(20)11-5-3-2-4-6-11/h2-8,12-14,18H,9-10H2,1H3,(H,17,20)/t12-,13-,14+/m0/s1. The highest BCUT2D eigenvalue weighted by Gasteiger charge is 2.29. The maximum atomic E-state index is 12.1. The Labute approximate surface area is 128 Å². The van der Waals surface area contributed by atoms with E-state index in [4.69, 9.17) is 4.74 Å². The van der Waals surface area contributed by atoms with Crippen LogP contribution in [0.4, 0.5) is 0 Å². The number of amides is 1. The minimum Gasteiger partial charge on any atom is -0.469 e. The molecule has 0 fully saturated rings.